The molecule has 0 saturated carbocycles. The highest BCUT2D eigenvalue weighted by Crippen LogP contribution is 2.49. The van der Waals surface area contributed by atoms with Gasteiger partial charge in [0.05, 0.1) is 36.7 Å². The van der Waals surface area contributed by atoms with E-state index in [0.29, 0.717) is 22.4 Å². The van der Waals surface area contributed by atoms with Crippen LogP contribution in [0.3, 0.4) is 0 Å². The smallest absolute Gasteiger partial charge is 0.337 e. The number of ether oxygens (including phenoxy) is 2. The van der Waals surface area contributed by atoms with Crippen molar-refractivity contribution in [3.8, 4) is 5.75 Å². The molecule has 32 heavy (non-hydrogen) atoms. The molecule has 0 aromatic heterocycles. The summed E-state index contributed by atoms with van der Waals surface area (Å²) in [4.78, 5) is 37.3. The zero-order valence-electron chi connectivity index (χ0n) is 19.4. The van der Waals surface area contributed by atoms with Crippen molar-refractivity contribution < 1.29 is 23.9 Å². The van der Waals surface area contributed by atoms with Crippen molar-refractivity contribution in [1.82, 2.24) is 0 Å². The number of carbonyl (C=O) groups excluding carboxylic acids is 3. The van der Waals surface area contributed by atoms with Crippen LogP contribution in [0.25, 0.3) is 0 Å². The summed E-state index contributed by atoms with van der Waals surface area (Å²) < 4.78 is 10.8. The van der Waals surface area contributed by atoms with Crippen LogP contribution in [0.1, 0.15) is 83.9 Å². The number of carbonyl (C=O) groups is 3. The summed E-state index contributed by atoms with van der Waals surface area (Å²) in [5, 5.41) is 0. The summed E-state index contributed by atoms with van der Waals surface area (Å²) in [5.41, 5.74) is 4.06. The Bertz CT molecular complexity index is 1080. The maximum absolute atomic E-state index is 13.6. The number of ketones is 1. The van der Waals surface area contributed by atoms with Crippen molar-refractivity contribution >= 4 is 18.0 Å². The highest BCUT2D eigenvalue weighted by atomic mass is 16.5. The average molecular weight is 435 g/mol. The quantitative estimate of drug-likeness (QED) is 0.501. The third-order valence-corrected chi connectivity index (χ3v) is 7.27. The van der Waals surface area contributed by atoms with E-state index in [-0.39, 0.29) is 23.2 Å². The third kappa shape index (κ3) is 3.64. The van der Waals surface area contributed by atoms with E-state index in [1.165, 1.54) is 18.2 Å². The van der Waals surface area contributed by atoms with Crippen molar-refractivity contribution in [2.45, 2.75) is 57.3 Å². The molecule has 1 heterocycles. The molecule has 168 valence electrons. The van der Waals surface area contributed by atoms with E-state index in [9.17, 15) is 14.4 Å². The van der Waals surface area contributed by atoms with E-state index < -0.39 is 17.8 Å². The first-order valence-corrected chi connectivity index (χ1v) is 11.1. The minimum Gasteiger partial charge on any atom is -0.492 e. The van der Waals surface area contributed by atoms with Crippen molar-refractivity contribution in [2.75, 3.05) is 13.7 Å². The van der Waals surface area contributed by atoms with Crippen molar-refractivity contribution in [3.63, 3.8) is 0 Å². The molecule has 0 saturated heterocycles. The Labute approximate surface area is 189 Å². The second kappa shape index (κ2) is 7.88. The highest BCUT2D eigenvalue weighted by molar-refractivity contribution is 6.03. The number of hydrogen-bond acceptors (Lipinski definition) is 5. The number of benzene rings is 2. The number of aldehydes is 1. The molecular formula is C27H30O5. The Kier molecular flexibility index (Phi) is 5.48. The largest absolute Gasteiger partial charge is 0.492 e. The molecule has 5 nitrogen and oxygen atoms in total. The third-order valence-electron chi connectivity index (χ3n) is 7.27. The van der Waals surface area contributed by atoms with Crippen LogP contribution in [0.5, 0.6) is 5.75 Å². The van der Waals surface area contributed by atoms with Crippen LogP contribution < -0.4 is 4.74 Å². The predicted molar refractivity (Wildman–Crippen MR) is 122 cm³/mol. The molecule has 1 aliphatic carbocycles. The van der Waals surface area contributed by atoms with Crippen LogP contribution in [-0.2, 0) is 20.4 Å². The van der Waals surface area contributed by atoms with E-state index in [2.05, 4.69) is 27.7 Å². The summed E-state index contributed by atoms with van der Waals surface area (Å²) in [5.74, 6) is -1.16. The molecule has 0 amide bonds. The van der Waals surface area contributed by atoms with Gasteiger partial charge >= 0.3 is 5.97 Å². The van der Waals surface area contributed by atoms with Crippen LogP contribution >= 0.6 is 0 Å². The van der Waals surface area contributed by atoms with Crippen LogP contribution in [-0.4, -0.2) is 31.8 Å². The summed E-state index contributed by atoms with van der Waals surface area (Å²) in [6, 6.07) is 10.7. The van der Waals surface area contributed by atoms with E-state index in [1.807, 2.05) is 12.1 Å². The number of Topliss-reactive ketones (excluding diaryl/α,β-unsaturated/α-hetero) is 1. The van der Waals surface area contributed by atoms with Gasteiger partial charge in [-0.2, -0.15) is 0 Å². The Balaban J connectivity index is 1.70. The SMILES string of the molecule is COC(=O)c1ccc(C(C=O)C2COc3cc4c(cc3C2=O)C(C)(C)CCC4(C)C)cc1. The fraction of sp³-hybridized carbons (Fsp3) is 0.444. The lowest BCUT2D eigenvalue weighted by atomic mass is 9.62. The molecule has 5 heteroatoms. The van der Waals surface area contributed by atoms with Gasteiger partial charge in [0.1, 0.15) is 12.0 Å². The fourth-order valence-corrected chi connectivity index (χ4v) is 4.99. The molecule has 1 aliphatic heterocycles. The number of esters is 1. The van der Waals surface area contributed by atoms with E-state index >= 15 is 0 Å². The van der Waals surface area contributed by atoms with E-state index in [1.54, 1.807) is 24.3 Å². The van der Waals surface area contributed by atoms with Crippen LogP contribution in [0.2, 0.25) is 0 Å². The van der Waals surface area contributed by atoms with Gasteiger partial charge in [-0.3, -0.25) is 4.79 Å². The summed E-state index contributed by atoms with van der Waals surface area (Å²) in [7, 11) is 1.32. The lowest BCUT2D eigenvalue weighted by Crippen LogP contribution is -2.37. The number of fused-ring (bicyclic) bond motifs is 2. The number of rotatable bonds is 4. The first-order valence-electron chi connectivity index (χ1n) is 11.1. The Morgan fingerprint density at radius 3 is 2.22 bits per heavy atom. The molecule has 2 aromatic carbocycles. The number of methoxy groups -OCH3 is 1. The van der Waals surface area contributed by atoms with Crippen LogP contribution in [0.4, 0.5) is 0 Å². The Morgan fingerprint density at radius 1 is 1.06 bits per heavy atom. The van der Waals surface area contributed by atoms with E-state index in [4.69, 9.17) is 9.47 Å². The normalized spacial score (nSPS) is 21.5. The van der Waals surface area contributed by atoms with Gasteiger partial charge in [-0.25, -0.2) is 4.79 Å². The predicted octanol–water partition coefficient (Wildman–Crippen LogP) is 5.00. The topological polar surface area (TPSA) is 69.7 Å². The monoisotopic (exact) mass is 434 g/mol. The van der Waals surface area contributed by atoms with Gasteiger partial charge in [0.25, 0.3) is 0 Å². The molecule has 4 rings (SSSR count). The second-order valence-corrected chi connectivity index (χ2v) is 10.2. The zero-order chi connectivity index (χ0) is 23.3. The summed E-state index contributed by atoms with van der Waals surface area (Å²) >= 11 is 0. The van der Waals surface area contributed by atoms with Gasteiger partial charge in [0.2, 0.25) is 0 Å². The van der Waals surface area contributed by atoms with Crippen molar-refractivity contribution in [2.24, 2.45) is 5.92 Å². The highest BCUT2D eigenvalue weighted by Gasteiger charge is 2.41. The van der Waals surface area contributed by atoms with Gasteiger partial charge in [0.15, 0.2) is 5.78 Å². The molecule has 2 aliphatic rings. The maximum atomic E-state index is 13.6. The van der Waals surface area contributed by atoms with Crippen LogP contribution in [0.15, 0.2) is 36.4 Å². The van der Waals surface area contributed by atoms with Gasteiger partial charge in [-0.15, -0.1) is 0 Å². The second-order valence-electron chi connectivity index (χ2n) is 10.2. The fourth-order valence-electron chi connectivity index (χ4n) is 4.99. The molecule has 2 atom stereocenters. The standard InChI is InChI=1S/C27H30O5/c1-26(2)10-11-27(3,4)22-13-23-18(12-21(22)26)24(29)20(15-32-23)19(14-28)16-6-8-17(9-7-16)25(30)31-5/h6-9,12-14,19-20H,10-11,15H2,1-5H3. The molecule has 2 unspecified atom stereocenters. The maximum Gasteiger partial charge on any atom is 0.337 e. The lowest BCUT2D eigenvalue weighted by molar-refractivity contribution is -0.110. The molecule has 0 radical (unpaired) electrons. The average Bonchev–Trinajstić information content (AvgIpc) is 2.78. The molecular weight excluding hydrogens is 404 g/mol. The molecule has 0 bridgehead atoms. The zero-order valence-corrected chi connectivity index (χ0v) is 19.4. The number of hydrogen-bond donors (Lipinski definition) is 0. The minimum absolute atomic E-state index is 0.0237. The minimum atomic E-state index is -0.650. The van der Waals surface area contributed by atoms with Gasteiger partial charge in [0, 0.05) is 0 Å². The van der Waals surface area contributed by atoms with Crippen molar-refractivity contribution in [3.05, 3.63) is 64.2 Å². The summed E-state index contributed by atoms with van der Waals surface area (Å²) in [6.45, 7) is 9.06. The van der Waals surface area contributed by atoms with Crippen LogP contribution in [0, 0.1) is 5.92 Å². The summed E-state index contributed by atoms with van der Waals surface area (Å²) in [6.07, 6.45) is 2.93. The molecule has 0 spiro atoms. The van der Waals surface area contributed by atoms with Gasteiger partial charge in [-0.05, 0) is 64.6 Å². The molecule has 2 aromatic rings. The van der Waals surface area contributed by atoms with Gasteiger partial charge < -0.3 is 14.3 Å². The first-order chi connectivity index (χ1) is 15.1. The lowest BCUT2D eigenvalue weighted by Gasteiger charge is -2.43. The van der Waals surface area contributed by atoms with E-state index in [0.717, 1.165) is 19.1 Å². The molecule has 0 fully saturated rings. The Morgan fingerprint density at radius 2 is 1.66 bits per heavy atom. The van der Waals surface area contributed by atoms with Crippen molar-refractivity contribution in [1.29, 1.82) is 0 Å². The molecule has 0 N–H and O–H groups in total. The van der Waals surface area contributed by atoms with Gasteiger partial charge in [-0.1, -0.05) is 39.8 Å². The first kappa shape index (κ1) is 22.3. The Hall–Kier alpha value is -2.95.